The molecule has 0 radical (unpaired) electrons. The van der Waals surface area contributed by atoms with Gasteiger partial charge >= 0.3 is 0 Å². The molecule has 1 amide bonds. The monoisotopic (exact) mass is 320 g/mol. The third-order valence-electron chi connectivity index (χ3n) is 3.64. The van der Waals surface area contributed by atoms with Gasteiger partial charge in [-0.2, -0.15) is 0 Å². The Labute approximate surface area is 139 Å². The average molecular weight is 320 g/mol. The molecule has 0 atom stereocenters. The van der Waals surface area contributed by atoms with Crippen molar-refractivity contribution >= 4 is 17.4 Å². The number of benzene rings is 2. The van der Waals surface area contributed by atoms with Crippen molar-refractivity contribution in [3.63, 3.8) is 0 Å². The molecule has 120 valence electrons. The number of anilines is 1. The normalized spacial score (nSPS) is 10.4. The molecule has 0 aliphatic rings. The first-order valence-corrected chi connectivity index (χ1v) is 7.46. The van der Waals surface area contributed by atoms with Crippen LogP contribution in [0.5, 0.6) is 0 Å². The topological polar surface area (TPSA) is 82.2 Å². The zero-order chi connectivity index (χ0) is 16.9. The van der Waals surface area contributed by atoms with Gasteiger partial charge in [0.15, 0.2) is 5.78 Å². The third-order valence-corrected chi connectivity index (χ3v) is 3.64. The molecule has 2 aromatic carbocycles. The Morgan fingerprint density at radius 3 is 2.38 bits per heavy atom. The predicted octanol–water partition coefficient (Wildman–Crippen LogP) is 2.99. The van der Waals surface area contributed by atoms with Crippen molar-refractivity contribution in [1.29, 1.82) is 0 Å². The molecular formula is C19H16N2O3. The molecular weight excluding hydrogens is 304 g/mol. The van der Waals surface area contributed by atoms with Gasteiger partial charge in [-0.1, -0.05) is 24.3 Å². The Hall–Kier alpha value is -3.18. The molecule has 24 heavy (non-hydrogen) atoms. The van der Waals surface area contributed by atoms with Gasteiger partial charge in [0.2, 0.25) is 0 Å². The summed E-state index contributed by atoms with van der Waals surface area (Å²) in [5.74, 6) is -0.371. The van der Waals surface area contributed by atoms with E-state index in [-0.39, 0.29) is 18.3 Å². The number of aliphatic hydroxyl groups is 1. The molecule has 0 spiro atoms. The summed E-state index contributed by atoms with van der Waals surface area (Å²) in [5, 5.41) is 11.9. The van der Waals surface area contributed by atoms with Crippen molar-refractivity contribution in [2.75, 3.05) is 5.32 Å². The van der Waals surface area contributed by atoms with Crippen molar-refractivity contribution in [1.82, 2.24) is 4.98 Å². The Morgan fingerprint density at radius 2 is 1.71 bits per heavy atom. The highest BCUT2D eigenvalue weighted by Gasteiger charge is 2.11. The smallest absolute Gasteiger partial charge is 0.255 e. The maximum Gasteiger partial charge on any atom is 0.255 e. The number of hydrogen-bond acceptors (Lipinski definition) is 3. The van der Waals surface area contributed by atoms with E-state index < -0.39 is 0 Å². The number of aliphatic hydroxyl groups excluding tert-OH is 1. The van der Waals surface area contributed by atoms with E-state index in [1.54, 1.807) is 67.0 Å². The molecule has 0 saturated carbocycles. The van der Waals surface area contributed by atoms with Gasteiger partial charge in [-0.15, -0.1) is 0 Å². The van der Waals surface area contributed by atoms with Gasteiger partial charge in [0.25, 0.3) is 5.91 Å². The van der Waals surface area contributed by atoms with Crippen molar-refractivity contribution in [3.05, 3.63) is 89.2 Å². The van der Waals surface area contributed by atoms with Crippen LogP contribution in [0.4, 0.5) is 5.69 Å². The number of nitrogens with one attached hydrogen (secondary N) is 2. The molecule has 3 rings (SSSR count). The van der Waals surface area contributed by atoms with E-state index in [2.05, 4.69) is 10.3 Å². The second-order valence-electron chi connectivity index (χ2n) is 5.32. The van der Waals surface area contributed by atoms with E-state index in [1.165, 1.54) is 0 Å². The standard InChI is InChI=1S/C19H16N2O3/c22-12-13-2-1-3-17(10-13)21-19(24)15-6-4-14(5-7-15)18(23)16-8-9-20-11-16/h1-11,20,22H,12H2,(H,21,24). The van der Waals surface area contributed by atoms with E-state index in [0.29, 0.717) is 22.4 Å². The van der Waals surface area contributed by atoms with Gasteiger partial charge in [0.05, 0.1) is 6.61 Å². The summed E-state index contributed by atoms with van der Waals surface area (Å²) in [6.07, 6.45) is 3.33. The van der Waals surface area contributed by atoms with E-state index in [0.717, 1.165) is 5.56 Å². The van der Waals surface area contributed by atoms with Crippen LogP contribution in [0, 0.1) is 0 Å². The van der Waals surface area contributed by atoms with Gasteiger partial charge in [-0.05, 0) is 35.9 Å². The number of carbonyl (C=O) groups is 2. The summed E-state index contributed by atoms with van der Waals surface area (Å²) < 4.78 is 0. The average Bonchev–Trinajstić information content (AvgIpc) is 3.16. The molecule has 5 heteroatoms. The lowest BCUT2D eigenvalue weighted by atomic mass is 10.0. The van der Waals surface area contributed by atoms with Crippen LogP contribution in [-0.2, 0) is 6.61 Å². The minimum absolute atomic E-state index is 0.0837. The minimum Gasteiger partial charge on any atom is -0.392 e. The molecule has 0 fully saturated rings. The van der Waals surface area contributed by atoms with Crippen molar-refractivity contribution in [3.8, 4) is 0 Å². The Kier molecular flexibility index (Phi) is 4.54. The Bertz CT molecular complexity index is 853. The minimum atomic E-state index is -0.272. The van der Waals surface area contributed by atoms with Gasteiger partial charge < -0.3 is 15.4 Å². The quantitative estimate of drug-likeness (QED) is 0.632. The highest BCUT2D eigenvalue weighted by atomic mass is 16.3. The van der Waals surface area contributed by atoms with Crippen molar-refractivity contribution in [2.45, 2.75) is 6.61 Å². The number of aromatic nitrogens is 1. The first-order chi connectivity index (χ1) is 11.7. The van der Waals surface area contributed by atoms with E-state index in [4.69, 9.17) is 5.11 Å². The summed E-state index contributed by atoms with van der Waals surface area (Å²) in [6, 6.07) is 15.2. The molecule has 5 nitrogen and oxygen atoms in total. The lowest BCUT2D eigenvalue weighted by molar-refractivity contribution is 0.102. The number of H-pyrrole nitrogens is 1. The van der Waals surface area contributed by atoms with Gasteiger partial charge in [-0.25, -0.2) is 0 Å². The van der Waals surface area contributed by atoms with Crippen LogP contribution in [-0.4, -0.2) is 21.8 Å². The number of hydrogen-bond donors (Lipinski definition) is 3. The lowest BCUT2D eigenvalue weighted by Crippen LogP contribution is -2.12. The number of carbonyl (C=O) groups excluding carboxylic acids is 2. The van der Waals surface area contributed by atoms with Gasteiger partial charge in [0, 0.05) is 34.8 Å². The molecule has 0 saturated heterocycles. The highest BCUT2D eigenvalue weighted by molar-refractivity contribution is 6.10. The molecule has 3 N–H and O–H groups in total. The van der Waals surface area contributed by atoms with E-state index in [1.807, 2.05) is 0 Å². The molecule has 3 aromatic rings. The van der Waals surface area contributed by atoms with Crippen LogP contribution in [0.15, 0.2) is 67.0 Å². The molecule has 1 heterocycles. The zero-order valence-electron chi connectivity index (χ0n) is 12.8. The maximum absolute atomic E-state index is 12.3. The fraction of sp³-hybridized carbons (Fsp3) is 0.0526. The number of rotatable bonds is 5. The first-order valence-electron chi connectivity index (χ1n) is 7.46. The van der Waals surface area contributed by atoms with Crippen LogP contribution in [0.2, 0.25) is 0 Å². The molecule has 0 unspecified atom stereocenters. The molecule has 0 aliphatic carbocycles. The fourth-order valence-corrected chi connectivity index (χ4v) is 2.36. The summed E-state index contributed by atoms with van der Waals surface area (Å²) >= 11 is 0. The molecule has 0 bridgehead atoms. The second kappa shape index (κ2) is 6.93. The molecule has 1 aromatic heterocycles. The zero-order valence-corrected chi connectivity index (χ0v) is 12.8. The SMILES string of the molecule is O=C(Nc1cccc(CO)c1)c1ccc(C(=O)c2cc[nH]c2)cc1. The third kappa shape index (κ3) is 3.42. The predicted molar refractivity (Wildman–Crippen MR) is 91.0 cm³/mol. The summed E-state index contributed by atoms with van der Waals surface area (Å²) in [4.78, 5) is 27.3. The van der Waals surface area contributed by atoms with Gasteiger partial charge in [-0.3, -0.25) is 9.59 Å². The van der Waals surface area contributed by atoms with Crippen LogP contribution in [0.25, 0.3) is 0 Å². The largest absolute Gasteiger partial charge is 0.392 e. The second-order valence-corrected chi connectivity index (χ2v) is 5.32. The number of amides is 1. The van der Waals surface area contributed by atoms with E-state index in [9.17, 15) is 9.59 Å². The van der Waals surface area contributed by atoms with Crippen LogP contribution >= 0.6 is 0 Å². The fourth-order valence-electron chi connectivity index (χ4n) is 2.36. The number of aromatic amines is 1. The van der Waals surface area contributed by atoms with E-state index >= 15 is 0 Å². The Morgan fingerprint density at radius 1 is 0.958 bits per heavy atom. The van der Waals surface area contributed by atoms with Crippen molar-refractivity contribution in [2.24, 2.45) is 0 Å². The summed E-state index contributed by atoms with van der Waals surface area (Å²) in [5.41, 5.74) is 2.88. The van der Waals surface area contributed by atoms with Crippen molar-refractivity contribution < 1.29 is 14.7 Å². The summed E-state index contributed by atoms with van der Waals surface area (Å²) in [6.45, 7) is -0.0837. The van der Waals surface area contributed by atoms with Gasteiger partial charge in [0.1, 0.15) is 0 Å². The first kappa shape index (κ1) is 15.7. The number of ketones is 1. The Balaban J connectivity index is 1.73. The summed E-state index contributed by atoms with van der Waals surface area (Å²) in [7, 11) is 0. The van der Waals surface area contributed by atoms with Crippen LogP contribution in [0.3, 0.4) is 0 Å². The maximum atomic E-state index is 12.3. The van der Waals surface area contributed by atoms with Crippen LogP contribution in [0.1, 0.15) is 31.8 Å². The highest BCUT2D eigenvalue weighted by Crippen LogP contribution is 2.14. The molecule has 0 aliphatic heterocycles. The van der Waals surface area contributed by atoms with Crippen LogP contribution < -0.4 is 5.32 Å². The lowest BCUT2D eigenvalue weighted by Gasteiger charge is -2.07.